The van der Waals surface area contributed by atoms with Crippen LogP contribution in [0.5, 0.6) is 0 Å². The summed E-state index contributed by atoms with van der Waals surface area (Å²) in [7, 11) is 1.70. The average molecular weight is 356 g/mol. The van der Waals surface area contributed by atoms with E-state index in [4.69, 9.17) is 0 Å². The first-order chi connectivity index (χ1) is 9.93. The summed E-state index contributed by atoms with van der Waals surface area (Å²) in [5.41, 5.74) is 1.03. The van der Waals surface area contributed by atoms with Crippen LogP contribution in [-0.2, 0) is 11.3 Å². The Balaban J connectivity index is 2.46. The first kappa shape index (κ1) is 17.5. The highest BCUT2D eigenvalue weighted by molar-refractivity contribution is 9.10. The van der Waals surface area contributed by atoms with Gasteiger partial charge in [-0.25, -0.2) is 4.79 Å². The number of amides is 3. The zero-order valence-corrected chi connectivity index (χ0v) is 14.2. The summed E-state index contributed by atoms with van der Waals surface area (Å²) in [6, 6.07) is 6.95. The van der Waals surface area contributed by atoms with Crippen LogP contribution in [0.1, 0.15) is 25.8 Å². The molecule has 0 fully saturated rings. The molecule has 0 aliphatic heterocycles. The third-order valence-electron chi connectivity index (χ3n) is 2.96. The fourth-order valence-corrected chi connectivity index (χ4v) is 1.96. The normalized spacial score (nSPS) is 11.6. The van der Waals surface area contributed by atoms with E-state index >= 15 is 0 Å². The summed E-state index contributed by atoms with van der Waals surface area (Å²) < 4.78 is 1.000. The summed E-state index contributed by atoms with van der Waals surface area (Å²) in [5.74, 6) is -0.165. The SMILES string of the molecule is CCCNC(=O)C(C)NC(=O)N(C)Cc1ccc(Br)cc1. The van der Waals surface area contributed by atoms with Crippen molar-refractivity contribution in [3.8, 4) is 0 Å². The molecule has 0 radical (unpaired) electrons. The monoisotopic (exact) mass is 355 g/mol. The largest absolute Gasteiger partial charge is 0.354 e. The minimum absolute atomic E-state index is 0.165. The Kier molecular flexibility index (Phi) is 7.22. The van der Waals surface area contributed by atoms with Gasteiger partial charge in [-0.1, -0.05) is 35.0 Å². The van der Waals surface area contributed by atoms with Gasteiger partial charge < -0.3 is 15.5 Å². The van der Waals surface area contributed by atoms with Crippen LogP contribution < -0.4 is 10.6 Å². The Hall–Kier alpha value is -1.56. The molecule has 3 amide bonds. The van der Waals surface area contributed by atoms with Crippen molar-refractivity contribution in [1.29, 1.82) is 0 Å². The van der Waals surface area contributed by atoms with Crippen LogP contribution in [0.4, 0.5) is 4.79 Å². The lowest BCUT2D eigenvalue weighted by Gasteiger charge is -2.21. The Labute approximate surface area is 134 Å². The Morgan fingerprint density at radius 2 is 1.90 bits per heavy atom. The van der Waals surface area contributed by atoms with Gasteiger partial charge >= 0.3 is 6.03 Å². The maximum absolute atomic E-state index is 12.0. The summed E-state index contributed by atoms with van der Waals surface area (Å²) >= 11 is 3.37. The number of nitrogens with one attached hydrogen (secondary N) is 2. The molecule has 0 bridgehead atoms. The second kappa shape index (κ2) is 8.67. The third-order valence-corrected chi connectivity index (χ3v) is 3.49. The number of halogens is 1. The van der Waals surface area contributed by atoms with Gasteiger partial charge in [-0.05, 0) is 31.0 Å². The maximum atomic E-state index is 12.0. The van der Waals surface area contributed by atoms with Crippen LogP contribution in [0.25, 0.3) is 0 Å². The summed E-state index contributed by atoms with van der Waals surface area (Å²) in [5, 5.41) is 5.44. The summed E-state index contributed by atoms with van der Waals surface area (Å²) in [4.78, 5) is 25.3. The van der Waals surface area contributed by atoms with Gasteiger partial charge in [0.15, 0.2) is 0 Å². The van der Waals surface area contributed by atoms with Gasteiger partial charge in [-0.3, -0.25) is 4.79 Å². The molecule has 1 aromatic carbocycles. The molecule has 1 aromatic rings. The predicted molar refractivity (Wildman–Crippen MR) is 86.9 cm³/mol. The van der Waals surface area contributed by atoms with E-state index in [0.717, 1.165) is 16.5 Å². The Morgan fingerprint density at radius 1 is 1.29 bits per heavy atom. The van der Waals surface area contributed by atoms with Crippen molar-refractivity contribution in [3.63, 3.8) is 0 Å². The molecule has 0 aliphatic rings. The van der Waals surface area contributed by atoms with Gasteiger partial charge in [0.2, 0.25) is 5.91 Å². The zero-order chi connectivity index (χ0) is 15.8. The van der Waals surface area contributed by atoms with Crippen molar-refractivity contribution >= 4 is 27.9 Å². The van der Waals surface area contributed by atoms with Crippen LogP contribution in [0.15, 0.2) is 28.7 Å². The standard InChI is InChI=1S/C15H22BrN3O2/c1-4-9-17-14(20)11(2)18-15(21)19(3)10-12-5-7-13(16)8-6-12/h5-8,11H,4,9-10H2,1-3H3,(H,17,20)(H,18,21). The molecule has 21 heavy (non-hydrogen) atoms. The molecule has 0 heterocycles. The molecule has 2 N–H and O–H groups in total. The Morgan fingerprint density at radius 3 is 2.48 bits per heavy atom. The lowest BCUT2D eigenvalue weighted by atomic mass is 10.2. The van der Waals surface area contributed by atoms with E-state index in [2.05, 4.69) is 26.6 Å². The number of nitrogens with zero attached hydrogens (tertiary/aromatic N) is 1. The lowest BCUT2D eigenvalue weighted by Crippen LogP contribution is -2.48. The topological polar surface area (TPSA) is 61.4 Å². The molecule has 5 nitrogen and oxygen atoms in total. The Bertz CT molecular complexity index is 476. The fourth-order valence-electron chi connectivity index (χ4n) is 1.70. The second-order valence-electron chi connectivity index (χ2n) is 4.94. The van der Waals surface area contributed by atoms with Gasteiger partial charge in [-0.2, -0.15) is 0 Å². The highest BCUT2D eigenvalue weighted by Crippen LogP contribution is 2.11. The minimum atomic E-state index is -0.545. The zero-order valence-electron chi connectivity index (χ0n) is 12.6. The molecule has 6 heteroatoms. The number of urea groups is 1. The first-order valence-electron chi connectivity index (χ1n) is 6.97. The van der Waals surface area contributed by atoms with Gasteiger partial charge in [0.25, 0.3) is 0 Å². The maximum Gasteiger partial charge on any atom is 0.318 e. The molecular weight excluding hydrogens is 334 g/mol. The van der Waals surface area contributed by atoms with Crippen molar-refractivity contribution in [2.24, 2.45) is 0 Å². The molecule has 116 valence electrons. The second-order valence-corrected chi connectivity index (χ2v) is 5.86. The fraction of sp³-hybridized carbons (Fsp3) is 0.467. The van der Waals surface area contributed by atoms with Crippen molar-refractivity contribution in [2.75, 3.05) is 13.6 Å². The number of hydrogen-bond donors (Lipinski definition) is 2. The number of carbonyl (C=O) groups excluding carboxylic acids is 2. The number of carbonyl (C=O) groups is 2. The van der Waals surface area contributed by atoms with Crippen molar-refractivity contribution in [1.82, 2.24) is 15.5 Å². The van der Waals surface area contributed by atoms with Crippen molar-refractivity contribution in [2.45, 2.75) is 32.9 Å². The van der Waals surface area contributed by atoms with Crippen LogP contribution in [-0.4, -0.2) is 36.5 Å². The van der Waals surface area contributed by atoms with E-state index in [1.54, 1.807) is 18.9 Å². The predicted octanol–water partition coefficient (Wildman–Crippen LogP) is 2.51. The van der Waals surface area contributed by atoms with Gasteiger partial charge in [-0.15, -0.1) is 0 Å². The molecule has 0 saturated carbocycles. The molecule has 1 atom stereocenters. The van der Waals surface area contributed by atoms with E-state index in [-0.39, 0.29) is 11.9 Å². The van der Waals surface area contributed by atoms with Crippen LogP contribution in [0, 0.1) is 0 Å². The van der Waals surface area contributed by atoms with Crippen molar-refractivity contribution in [3.05, 3.63) is 34.3 Å². The van der Waals surface area contributed by atoms with Crippen LogP contribution in [0.3, 0.4) is 0 Å². The summed E-state index contributed by atoms with van der Waals surface area (Å²) in [6.07, 6.45) is 0.871. The minimum Gasteiger partial charge on any atom is -0.354 e. The third kappa shape index (κ3) is 6.16. The summed E-state index contributed by atoms with van der Waals surface area (Å²) in [6.45, 7) is 4.77. The van der Waals surface area contributed by atoms with Gasteiger partial charge in [0.1, 0.15) is 6.04 Å². The number of rotatable bonds is 6. The van der Waals surface area contributed by atoms with Gasteiger partial charge in [0, 0.05) is 24.6 Å². The van der Waals surface area contributed by atoms with E-state index in [1.165, 1.54) is 0 Å². The molecule has 1 unspecified atom stereocenters. The molecule has 0 aromatic heterocycles. The number of hydrogen-bond acceptors (Lipinski definition) is 2. The highest BCUT2D eigenvalue weighted by Gasteiger charge is 2.17. The average Bonchev–Trinajstić information content (AvgIpc) is 2.46. The smallest absolute Gasteiger partial charge is 0.318 e. The van der Waals surface area contributed by atoms with E-state index < -0.39 is 6.04 Å². The van der Waals surface area contributed by atoms with Crippen LogP contribution in [0.2, 0.25) is 0 Å². The first-order valence-corrected chi connectivity index (χ1v) is 7.77. The quantitative estimate of drug-likeness (QED) is 0.823. The molecular formula is C15H22BrN3O2. The van der Waals surface area contributed by atoms with Crippen LogP contribution >= 0.6 is 15.9 Å². The van der Waals surface area contributed by atoms with E-state index in [9.17, 15) is 9.59 Å². The molecule has 0 saturated heterocycles. The molecule has 1 rings (SSSR count). The highest BCUT2D eigenvalue weighted by atomic mass is 79.9. The van der Waals surface area contributed by atoms with E-state index in [1.807, 2.05) is 31.2 Å². The number of benzene rings is 1. The molecule has 0 spiro atoms. The molecule has 0 aliphatic carbocycles. The lowest BCUT2D eigenvalue weighted by molar-refractivity contribution is -0.122. The van der Waals surface area contributed by atoms with Gasteiger partial charge in [0.05, 0.1) is 0 Å². The van der Waals surface area contributed by atoms with E-state index in [0.29, 0.717) is 13.1 Å². The van der Waals surface area contributed by atoms with Crippen molar-refractivity contribution < 1.29 is 9.59 Å².